The molecule has 1 aromatic heterocycles. The molecule has 0 fully saturated rings. The molecule has 18 heavy (non-hydrogen) atoms. The van der Waals surface area contributed by atoms with E-state index in [1.54, 1.807) is 0 Å². The van der Waals surface area contributed by atoms with E-state index >= 15 is 0 Å². The van der Waals surface area contributed by atoms with Crippen LogP contribution in [-0.4, -0.2) is 34.1 Å². The van der Waals surface area contributed by atoms with Gasteiger partial charge in [-0.25, -0.2) is 0 Å². The number of hydrogen-bond acceptors (Lipinski definition) is 3. The number of nitrogens with two attached hydrogens (primary N) is 1. The summed E-state index contributed by atoms with van der Waals surface area (Å²) in [7, 11) is 3.90. The predicted octanol–water partition coefficient (Wildman–Crippen LogP) is 1.64. The van der Waals surface area contributed by atoms with Gasteiger partial charge in [-0.1, -0.05) is 25.4 Å². The zero-order valence-electron chi connectivity index (χ0n) is 11.5. The summed E-state index contributed by atoms with van der Waals surface area (Å²) in [5.41, 5.74) is 7.41. The summed E-state index contributed by atoms with van der Waals surface area (Å²) in [4.78, 5) is 2.11. The highest BCUT2D eigenvalue weighted by molar-refractivity contribution is 6.31. The van der Waals surface area contributed by atoms with E-state index in [1.165, 1.54) is 0 Å². The molecule has 0 aliphatic rings. The maximum Gasteiger partial charge on any atom is 0.0947 e. The first-order valence-electron chi connectivity index (χ1n) is 6.09. The quantitative estimate of drug-likeness (QED) is 0.610. The van der Waals surface area contributed by atoms with E-state index in [-0.39, 0.29) is 11.8 Å². The van der Waals surface area contributed by atoms with Gasteiger partial charge in [0.15, 0.2) is 0 Å². The SMILES string of the molecule is CCc1nn(C)c(CN(C)CC(C)C(=N)N)c1Cl. The molecule has 1 unspecified atom stereocenters. The molecule has 5 nitrogen and oxygen atoms in total. The number of amidine groups is 1. The van der Waals surface area contributed by atoms with Crippen LogP contribution in [0.15, 0.2) is 0 Å². The van der Waals surface area contributed by atoms with Crippen LogP contribution in [0.4, 0.5) is 0 Å². The van der Waals surface area contributed by atoms with Crippen molar-refractivity contribution in [3.63, 3.8) is 0 Å². The molecule has 6 heteroatoms. The lowest BCUT2D eigenvalue weighted by molar-refractivity contribution is 0.298. The first kappa shape index (κ1) is 15.0. The zero-order chi connectivity index (χ0) is 13.9. The molecule has 0 aliphatic heterocycles. The summed E-state index contributed by atoms with van der Waals surface area (Å²) in [5, 5.41) is 12.5. The Morgan fingerprint density at radius 2 is 2.22 bits per heavy atom. The lowest BCUT2D eigenvalue weighted by atomic mass is 10.1. The van der Waals surface area contributed by atoms with Gasteiger partial charge >= 0.3 is 0 Å². The Morgan fingerprint density at radius 1 is 1.61 bits per heavy atom. The van der Waals surface area contributed by atoms with E-state index in [2.05, 4.69) is 10.00 Å². The molecular formula is C12H22ClN5. The second-order valence-electron chi connectivity index (χ2n) is 4.74. The van der Waals surface area contributed by atoms with Gasteiger partial charge in [-0.2, -0.15) is 5.10 Å². The zero-order valence-corrected chi connectivity index (χ0v) is 12.3. The molecule has 1 atom stereocenters. The van der Waals surface area contributed by atoms with Crippen molar-refractivity contribution >= 4 is 17.4 Å². The van der Waals surface area contributed by atoms with Gasteiger partial charge in [-0.15, -0.1) is 0 Å². The van der Waals surface area contributed by atoms with E-state index < -0.39 is 0 Å². The van der Waals surface area contributed by atoms with Gasteiger partial charge in [-0.3, -0.25) is 15.0 Å². The predicted molar refractivity (Wildman–Crippen MR) is 75.0 cm³/mol. The molecule has 1 aromatic rings. The highest BCUT2D eigenvalue weighted by Crippen LogP contribution is 2.22. The van der Waals surface area contributed by atoms with E-state index in [9.17, 15) is 0 Å². The third-order valence-electron chi connectivity index (χ3n) is 3.04. The van der Waals surface area contributed by atoms with Crippen molar-refractivity contribution < 1.29 is 0 Å². The van der Waals surface area contributed by atoms with Gasteiger partial charge in [0.1, 0.15) is 0 Å². The van der Waals surface area contributed by atoms with Crippen molar-refractivity contribution in [1.29, 1.82) is 5.41 Å². The van der Waals surface area contributed by atoms with E-state index in [4.69, 9.17) is 22.7 Å². The minimum Gasteiger partial charge on any atom is -0.387 e. The molecule has 0 saturated carbocycles. The molecule has 0 radical (unpaired) electrons. The smallest absolute Gasteiger partial charge is 0.0947 e. The maximum atomic E-state index is 7.40. The summed E-state index contributed by atoms with van der Waals surface area (Å²) in [6.45, 7) is 5.43. The number of nitrogens with one attached hydrogen (secondary N) is 1. The largest absolute Gasteiger partial charge is 0.387 e. The van der Waals surface area contributed by atoms with E-state index in [0.717, 1.165) is 29.4 Å². The number of rotatable bonds is 6. The van der Waals surface area contributed by atoms with Crippen LogP contribution in [0.25, 0.3) is 0 Å². The van der Waals surface area contributed by atoms with Crippen LogP contribution in [0.5, 0.6) is 0 Å². The van der Waals surface area contributed by atoms with Crippen LogP contribution in [0.3, 0.4) is 0 Å². The molecule has 102 valence electrons. The Balaban J connectivity index is 2.73. The Kier molecular flexibility index (Phi) is 5.16. The lowest BCUT2D eigenvalue weighted by Crippen LogP contribution is -2.32. The molecule has 0 saturated heterocycles. The van der Waals surface area contributed by atoms with Gasteiger partial charge in [0.25, 0.3) is 0 Å². The highest BCUT2D eigenvalue weighted by Gasteiger charge is 2.16. The second kappa shape index (κ2) is 6.20. The molecular weight excluding hydrogens is 250 g/mol. The minimum atomic E-state index is 0.0487. The van der Waals surface area contributed by atoms with Gasteiger partial charge in [0.05, 0.1) is 22.2 Å². The molecule has 0 aliphatic carbocycles. The fraction of sp³-hybridized carbons (Fsp3) is 0.667. The van der Waals surface area contributed by atoms with Gasteiger partial charge in [-0.05, 0) is 13.5 Å². The fourth-order valence-corrected chi connectivity index (χ4v) is 2.23. The average molecular weight is 272 g/mol. The van der Waals surface area contributed by atoms with Crippen LogP contribution in [0.1, 0.15) is 25.2 Å². The van der Waals surface area contributed by atoms with Crippen molar-refractivity contribution in [3.8, 4) is 0 Å². The molecule has 0 bridgehead atoms. The average Bonchev–Trinajstić information content (AvgIpc) is 2.56. The number of nitrogens with zero attached hydrogens (tertiary/aromatic N) is 3. The first-order valence-corrected chi connectivity index (χ1v) is 6.47. The molecule has 0 spiro atoms. The standard InChI is InChI=1S/C12H22ClN5/c1-5-9-11(13)10(18(4)16-9)7-17(3)6-8(2)12(14)15/h8H,5-7H2,1-4H3,(H3,14,15). The van der Waals surface area contributed by atoms with Crippen LogP contribution in [0, 0.1) is 11.3 Å². The molecule has 0 amide bonds. The highest BCUT2D eigenvalue weighted by atomic mass is 35.5. The van der Waals surface area contributed by atoms with Crippen molar-refractivity contribution in [2.45, 2.75) is 26.8 Å². The number of hydrogen-bond donors (Lipinski definition) is 2. The van der Waals surface area contributed by atoms with Gasteiger partial charge in [0.2, 0.25) is 0 Å². The summed E-state index contributed by atoms with van der Waals surface area (Å²) < 4.78 is 1.83. The first-order chi connectivity index (χ1) is 8.36. The van der Waals surface area contributed by atoms with Crippen LogP contribution in [-0.2, 0) is 20.0 Å². The molecule has 1 heterocycles. The van der Waals surface area contributed by atoms with Gasteiger partial charge in [0, 0.05) is 26.1 Å². The fourth-order valence-electron chi connectivity index (χ4n) is 1.88. The molecule has 0 aromatic carbocycles. The third-order valence-corrected chi connectivity index (χ3v) is 3.48. The number of aromatic nitrogens is 2. The van der Waals surface area contributed by atoms with Crippen LogP contribution < -0.4 is 5.73 Å². The number of aryl methyl sites for hydroxylation is 2. The Hall–Kier alpha value is -1.07. The Labute approximate surface area is 113 Å². The molecule has 3 N–H and O–H groups in total. The topological polar surface area (TPSA) is 70.9 Å². The summed E-state index contributed by atoms with van der Waals surface area (Å²) in [6, 6.07) is 0. The van der Waals surface area contributed by atoms with Crippen molar-refractivity contribution in [2.75, 3.05) is 13.6 Å². The summed E-state index contributed by atoms with van der Waals surface area (Å²) in [5.74, 6) is 0.264. The van der Waals surface area contributed by atoms with E-state index in [0.29, 0.717) is 6.54 Å². The van der Waals surface area contributed by atoms with Crippen LogP contribution in [0.2, 0.25) is 5.02 Å². The van der Waals surface area contributed by atoms with E-state index in [1.807, 2.05) is 32.6 Å². The van der Waals surface area contributed by atoms with Gasteiger partial charge < -0.3 is 5.73 Å². The second-order valence-corrected chi connectivity index (χ2v) is 5.12. The number of halogens is 1. The summed E-state index contributed by atoms with van der Waals surface area (Å²) in [6.07, 6.45) is 0.834. The van der Waals surface area contributed by atoms with Crippen molar-refractivity contribution in [1.82, 2.24) is 14.7 Å². The Bertz CT molecular complexity index is 426. The normalized spacial score (nSPS) is 13.0. The minimum absolute atomic E-state index is 0.0487. The van der Waals surface area contributed by atoms with Crippen LogP contribution >= 0.6 is 11.6 Å². The third kappa shape index (κ3) is 3.46. The van der Waals surface area contributed by atoms with Crippen molar-refractivity contribution in [2.24, 2.45) is 18.7 Å². The summed E-state index contributed by atoms with van der Waals surface area (Å²) >= 11 is 6.30. The maximum absolute atomic E-state index is 7.40. The lowest BCUT2D eigenvalue weighted by Gasteiger charge is -2.20. The van der Waals surface area contributed by atoms with Crippen molar-refractivity contribution in [3.05, 3.63) is 16.4 Å². The molecule has 1 rings (SSSR count). The Morgan fingerprint density at radius 3 is 2.67 bits per heavy atom. The monoisotopic (exact) mass is 271 g/mol.